The van der Waals surface area contributed by atoms with Gasteiger partial charge >= 0.3 is 0 Å². The molecule has 1 fully saturated rings. The maximum Gasteiger partial charge on any atom is 0.254 e. The quantitative estimate of drug-likeness (QED) is 0.643. The lowest BCUT2D eigenvalue weighted by Crippen LogP contribution is -2.42. The zero-order chi connectivity index (χ0) is 18.3. The molecule has 0 aliphatic carbocycles. The summed E-state index contributed by atoms with van der Waals surface area (Å²) in [6.07, 6.45) is 1.20. The maximum atomic E-state index is 13.0. The van der Waals surface area contributed by atoms with Crippen molar-refractivity contribution in [1.29, 1.82) is 0 Å². The van der Waals surface area contributed by atoms with Crippen LogP contribution in [-0.2, 0) is 4.74 Å². The second-order valence-electron chi connectivity index (χ2n) is 6.42. The number of carbonyl (C=O) groups excluding carboxylic acids is 1. The lowest BCUT2D eigenvalue weighted by atomic mass is 10.1. The minimum Gasteiger partial charge on any atom is -0.368 e. The Morgan fingerprint density at radius 2 is 2.12 bits per heavy atom. The monoisotopic (exact) mass is 415 g/mol. The molecule has 1 aliphatic heterocycles. The number of amides is 1. The molecule has 3 aromatic rings. The van der Waals surface area contributed by atoms with Gasteiger partial charge in [0.1, 0.15) is 12.4 Å². The molecule has 0 saturated carbocycles. The summed E-state index contributed by atoms with van der Waals surface area (Å²) in [5, 5.41) is 4.24. The molecule has 3 heterocycles. The lowest BCUT2D eigenvalue weighted by Gasteiger charge is -2.33. The highest BCUT2D eigenvalue weighted by molar-refractivity contribution is 9.10. The highest BCUT2D eigenvalue weighted by Gasteiger charge is 2.28. The van der Waals surface area contributed by atoms with Gasteiger partial charge in [-0.05, 0) is 43.7 Å². The molecule has 0 unspecified atom stereocenters. The standard InChI is InChI=1S/C18H18BrN5O2/c1-11-5-13(8-14(19)6-11)17(25)23-3-4-26-16(9-23)15-7-12(2)22-18-20-10-21-24(15)18/h5-8,10,16H,3-4,9H2,1-2H3/t16-/m0/s1. The number of aryl methyl sites for hydroxylation is 2. The van der Waals surface area contributed by atoms with Crippen LogP contribution in [0.1, 0.15) is 33.4 Å². The van der Waals surface area contributed by atoms with Gasteiger partial charge in [-0.15, -0.1) is 0 Å². The Hall–Kier alpha value is -2.32. The fourth-order valence-electron chi connectivity index (χ4n) is 3.24. The number of nitrogens with zero attached hydrogens (tertiary/aromatic N) is 5. The number of ether oxygens (including phenoxy) is 1. The smallest absolute Gasteiger partial charge is 0.254 e. The van der Waals surface area contributed by atoms with E-state index in [1.807, 2.05) is 43.0 Å². The fourth-order valence-corrected chi connectivity index (χ4v) is 3.85. The van der Waals surface area contributed by atoms with Crippen LogP contribution in [0.5, 0.6) is 0 Å². The van der Waals surface area contributed by atoms with E-state index in [0.29, 0.717) is 31.0 Å². The summed E-state index contributed by atoms with van der Waals surface area (Å²) in [6, 6.07) is 7.68. The molecular formula is C18H18BrN5O2. The van der Waals surface area contributed by atoms with Gasteiger partial charge in [-0.1, -0.05) is 15.9 Å². The molecule has 1 saturated heterocycles. The minimum absolute atomic E-state index is 0.00307. The van der Waals surface area contributed by atoms with E-state index in [-0.39, 0.29) is 12.0 Å². The number of hydrogen-bond acceptors (Lipinski definition) is 5. The lowest BCUT2D eigenvalue weighted by molar-refractivity contribution is -0.0257. The molecule has 0 radical (unpaired) electrons. The Bertz CT molecular complexity index is 967. The average Bonchev–Trinajstić information content (AvgIpc) is 3.08. The Morgan fingerprint density at radius 3 is 2.92 bits per heavy atom. The van der Waals surface area contributed by atoms with Crippen molar-refractivity contribution in [2.45, 2.75) is 20.0 Å². The predicted molar refractivity (Wildman–Crippen MR) is 99.0 cm³/mol. The molecule has 7 nitrogen and oxygen atoms in total. The third-order valence-electron chi connectivity index (χ3n) is 4.38. The summed E-state index contributed by atoms with van der Waals surface area (Å²) in [5.74, 6) is 0.540. The number of benzene rings is 1. The number of halogens is 1. The first-order chi connectivity index (χ1) is 12.5. The molecule has 1 amide bonds. The van der Waals surface area contributed by atoms with Gasteiger partial charge < -0.3 is 9.64 Å². The third kappa shape index (κ3) is 3.22. The number of hydrogen-bond donors (Lipinski definition) is 0. The van der Waals surface area contributed by atoms with E-state index >= 15 is 0 Å². The van der Waals surface area contributed by atoms with Gasteiger partial charge in [-0.2, -0.15) is 14.6 Å². The number of rotatable bonds is 2. The van der Waals surface area contributed by atoms with Crippen LogP contribution in [-0.4, -0.2) is 50.1 Å². The van der Waals surface area contributed by atoms with Crippen molar-refractivity contribution in [2.24, 2.45) is 0 Å². The summed E-state index contributed by atoms with van der Waals surface area (Å²) >= 11 is 3.46. The van der Waals surface area contributed by atoms with E-state index in [9.17, 15) is 4.79 Å². The molecule has 8 heteroatoms. The third-order valence-corrected chi connectivity index (χ3v) is 4.84. The van der Waals surface area contributed by atoms with Crippen LogP contribution in [0.3, 0.4) is 0 Å². The van der Waals surface area contributed by atoms with Gasteiger partial charge in [0.05, 0.1) is 18.8 Å². The van der Waals surface area contributed by atoms with Crippen molar-refractivity contribution in [1.82, 2.24) is 24.5 Å². The van der Waals surface area contributed by atoms with Crippen LogP contribution in [0, 0.1) is 13.8 Å². The van der Waals surface area contributed by atoms with Crippen molar-refractivity contribution >= 4 is 27.6 Å². The molecule has 0 spiro atoms. The van der Waals surface area contributed by atoms with E-state index in [2.05, 4.69) is 31.0 Å². The van der Waals surface area contributed by atoms with E-state index in [1.54, 1.807) is 4.52 Å². The van der Waals surface area contributed by atoms with Gasteiger partial charge in [-0.25, -0.2) is 4.98 Å². The molecule has 0 N–H and O–H groups in total. The van der Waals surface area contributed by atoms with Gasteiger partial charge in [0.15, 0.2) is 0 Å². The first-order valence-electron chi connectivity index (χ1n) is 8.36. The molecule has 4 rings (SSSR count). The molecule has 1 aromatic carbocycles. The van der Waals surface area contributed by atoms with E-state index in [0.717, 1.165) is 21.4 Å². The maximum absolute atomic E-state index is 13.0. The number of carbonyl (C=O) groups is 1. The summed E-state index contributed by atoms with van der Waals surface area (Å²) in [5.41, 5.74) is 3.42. The molecule has 1 aliphatic rings. The highest BCUT2D eigenvalue weighted by atomic mass is 79.9. The molecular weight excluding hydrogens is 398 g/mol. The molecule has 2 aromatic heterocycles. The van der Waals surface area contributed by atoms with Crippen molar-refractivity contribution in [3.63, 3.8) is 0 Å². The summed E-state index contributed by atoms with van der Waals surface area (Å²) in [7, 11) is 0. The van der Waals surface area contributed by atoms with Gasteiger partial charge in [-0.3, -0.25) is 4.79 Å². The van der Waals surface area contributed by atoms with Crippen LogP contribution in [0.4, 0.5) is 0 Å². The van der Waals surface area contributed by atoms with Crippen molar-refractivity contribution in [2.75, 3.05) is 19.7 Å². The fraction of sp³-hybridized carbons (Fsp3) is 0.333. The Balaban J connectivity index is 1.63. The van der Waals surface area contributed by atoms with Gasteiger partial charge in [0.2, 0.25) is 0 Å². The molecule has 134 valence electrons. The summed E-state index contributed by atoms with van der Waals surface area (Å²) in [4.78, 5) is 23.3. The van der Waals surface area contributed by atoms with Crippen LogP contribution < -0.4 is 0 Å². The number of fused-ring (bicyclic) bond motifs is 1. The molecule has 0 bridgehead atoms. The molecule has 1 atom stereocenters. The van der Waals surface area contributed by atoms with Crippen molar-refractivity contribution in [3.05, 3.63) is 57.6 Å². The number of aromatic nitrogens is 4. The van der Waals surface area contributed by atoms with Gasteiger partial charge in [0.25, 0.3) is 11.7 Å². The predicted octanol–water partition coefficient (Wildman–Crippen LogP) is 2.72. The molecule has 26 heavy (non-hydrogen) atoms. The summed E-state index contributed by atoms with van der Waals surface area (Å²) in [6.45, 7) is 5.38. The zero-order valence-electron chi connectivity index (χ0n) is 14.5. The van der Waals surface area contributed by atoms with Crippen LogP contribution in [0.25, 0.3) is 5.78 Å². The van der Waals surface area contributed by atoms with Crippen LogP contribution >= 0.6 is 15.9 Å². The highest BCUT2D eigenvalue weighted by Crippen LogP contribution is 2.25. The minimum atomic E-state index is -0.271. The first kappa shape index (κ1) is 17.1. The van der Waals surface area contributed by atoms with Gasteiger partial charge in [0, 0.05) is 22.3 Å². The second kappa shape index (κ2) is 6.77. The SMILES string of the molecule is Cc1cc(Br)cc(C(=O)N2CCO[C@H](c3cc(C)nc4ncnn34)C2)c1. The number of morpholine rings is 1. The Labute approximate surface area is 159 Å². The van der Waals surface area contributed by atoms with Crippen molar-refractivity contribution in [3.8, 4) is 0 Å². The summed E-state index contributed by atoms with van der Waals surface area (Å²) < 4.78 is 8.52. The largest absolute Gasteiger partial charge is 0.368 e. The average molecular weight is 416 g/mol. The Morgan fingerprint density at radius 1 is 1.27 bits per heavy atom. The van der Waals surface area contributed by atoms with Crippen LogP contribution in [0.2, 0.25) is 0 Å². The topological polar surface area (TPSA) is 72.6 Å². The van der Waals surface area contributed by atoms with E-state index in [1.165, 1.54) is 6.33 Å². The second-order valence-corrected chi connectivity index (χ2v) is 7.34. The first-order valence-corrected chi connectivity index (χ1v) is 9.16. The zero-order valence-corrected chi connectivity index (χ0v) is 16.1. The van der Waals surface area contributed by atoms with Crippen molar-refractivity contribution < 1.29 is 9.53 Å². The van der Waals surface area contributed by atoms with E-state index in [4.69, 9.17) is 4.74 Å². The van der Waals surface area contributed by atoms with E-state index < -0.39 is 0 Å². The normalized spacial score (nSPS) is 17.7. The van der Waals surface area contributed by atoms with Crippen LogP contribution in [0.15, 0.2) is 35.1 Å². The Kier molecular flexibility index (Phi) is 4.46.